The maximum atomic E-state index is 5.55. The summed E-state index contributed by atoms with van der Waals surface area (Å²) >= 11 is 3.53. The van der Waals surface area contributed by atoms with Gasteiger partial charge < -0.3 is 24.4 Å². The number of guanidine groups is 1. The van der Waals surface area contributed by atoms with E-state index in [1.807, 2.05) is 7.05 Å². The van der Waals surface area contributed by atoms with E-state index in [9.17, 15) is 0 Å². The predicted molar refractivity (Wildman–Crippen MR) is 102 cm³/mol. The molecule has 0 atom stereocenters. The highest BCUT2D eigenvalue weighted by molar-refractivity contribution is 9.10. The third-order valence-electron chi connectivity index (χ3n) is 4.99. The highest BCUT2D eigenvalue weighted by atomic mass is 79.9. The summed E-state index contributed by atoms with van der Waals surface area (Å²) in [6, 6.07) is 2.14. The highest BCUT2D eigenvalue weighted by Crippen LogP contribution is 2.25. The Labute approximate surface area is 154 Å². The lowest BCUT2D eigenvalue weighted by Gasteiger charge is -2.43. The quantitative estimate of drug-likeness (QED) is 0.606. The number of aromatic nitrogens is 1. The number of ether oxygens (including phenoxy) is 1. The molecule has 136 valence electrons. The number of hydrogen-bond donors (Lipinski definition) is 1. The van der Waals surface area contributed by atoms with E-state index >= 15 is 0 Å². The summed E-state index contributed by atoms with van der Waals surface area (Å²) < 4.78 is 8.78. The minimum Gasteiger partial charge on any atom is -0.381 e. The van der Waals surface area contributed by atoms with Crippen LogP contribution in [0.1, 0.15) is 18.5 Å². The molecule has 1 aromatic heterocycles. The van der Waals surface area contributed by atoms with Gasteiger partial charge in [-0.3, -0.25) is 4.99 Å². The molecule has 1 fully saturated rings. The first-order chi connectivity index (χ1) is 11.4. The zero-order valence-electron chi connectivity index (χ0n) is 15.5. The summed E-state index contributed by atoms with van der Waals surface area (Å²) in [5.41, 5.74) is 1.36. The lowest BCUT2D eigenvalue weighted by atomic mass is 9.88. The molecule has 0 bridgehead atoms. The summed E-state index contributed by atoms with van der Waals surface area (Å²) in [7, 11) is 10.3. The van der Waals surface area contributed by atoms with Crippen LogP contribution in [-0.2, 0) is 18.3 Å². The van der Waals surface area contributed by atoms with E-state index in [2.05, 4.69) is 81.1 Å². The molecule has 0 saturated carbocycles. The Balaban J connectivity index is 1.99. The normalized spacial score (nSPS) is 18.0. The molecule has 2 heterocycles. The van der Waals surface area contributed by atoms with Crippen LogP contribution in [0.4, 0.5) is 0 Å². The van der Waals surface area contributed by atoms with Gasteiger partial charge in [-0.15, -0.1) is 0 Å². The summed E-state index contributed by atoms with van der Waals surface area (Å²) in [4.78, 5) is 8.94. The van der Waals surface area contributed by atoms with Crippen LogP contribution in [0.2, 0.25) is 0 Å². The van der Waals surface area contributed by atoms with E-state index < -0.39 is 0 Å². The van der Waals surface area contributed by atoms with Crippen LogP contribution >= 0.6 is 15.9 Å². The summed E-state index contributed by atoms with van der Waals surface area (Å²) in [6.45, 7) is 3.33. The molecule has 1 aliphatic rings. The lowest BCUT2D eigenvalue weighted by molar-refractivity contribution is -0.00522. The van der Waals surface area contributed by atoms with E-state index in [-0.39, 0.29) is 5.54 Å². The van der Waals surface area contributed by atoms with Gasteiger partial charge in [0.1, 0.15) is 0 Å². The monoisotopic (exact) mass is 399 g/mol. The Morgan fingerprint density at radius 2 is 2.04 bits per heavy atom. The van der Waals surface area contributed by atoms with Gasteiger partial charge in [-0.05, 0) is 48.9 Å². The van der Waals surface area contributed by atoms with E-state index in [1.165, 1.54) is 5.69 Å². The van der Waals surface area contributed by atoms with Crippen molar-refractivity contribution in [3.05, 3.63) is 22.4 Å². The van der Waals surface area contributed by atoms with Gasteiger partial charge in [-0.25, -0.2) is 0 Å². The zero-order chi connectivity index (χ0) is 17.7. The highest BCUT2D eigenvalue weighted by Gasteiger charge is 2.35. The molecule has 0 unspecified atom stereocenters. The molecule has 0 amide bonds. The fourth-order valence-electron chi connectivity index (χ4n) is 3.20. The van der Waals surface area contributed by atoms with Crippen LogP contribution in [0, 0.1) is 0 Å². The minimum atomic E-state index is 0.128. The number of nitrogens with one attached hydrogen (secondary N) is 1. The molecule has 2 rings (SSSR count). The SMILES string of the molecule is CN=C(NCC1(N(C)C)CCOCC1)N(C)Cc1cc(Br)cn1C. The lowest BCUT2D eigenvalue weighted by Crippen LogP contribution is -2.57. The second kappa shape index (κ2) is 8.36. The zero-order valence-corrected chi connectivity index (χ0v) is 17.1. The van der Waals surface area contributed by atoms with Crippen molar-refractivity contribution in [2.24, 2.45) is 12.0 Å². The van der Waals surface area contributed by atoms with Crippen molar-refractivity contribution in [3.8, 4) is 0 Å². The van der Waals surface area contributed by atoms with Gasteiger partial charge >= 0.3 is 0 Å². The molecule has 7 heteroatoms. The van der Waals surface area contributed by atoms with Gasteiger partial charge in [-0.1, -0.05) is 0 Å². The van der Waals surface area contributed by atoms with Gasteiger partial charge in [0.15, 0.2) is 5.96 Å². The molecule has 0 aliphatic carbocycles. The predicted octanol–water partition coefficient (Wildman–Crippen LogP) is 1.91. The standard InChI is InChI=1S/C17H30BrN5O/c1-19-16(23(5)12-15-10-14(18)11-22(15)4)20-13-17(21(2)3)6-8-24-9-7-17/h10-11H,6-9,12-13H2,1-5H3,(H,19,20). The largest absolute Gasteiger partial charge is 0.381 e. The van der Waals surface area contributed by atoms with E-state index in [0.717, 1.165) is 49.6 Å². The Bertz CT molecular complexity index is 563. The van der Waals surface area contributed by atoms with Crippen molar-refractivity contribution in [1.29, 1.82) is 0 Å². The molecule has 1 aliphatic heterocycles. The number of rotatable bonds is 5. The Hall–Kier alpha value is -1.05. The second-order valence-electron chi connectivity index (χ2n) is 6.75. The van der Waals surface area contributed by atoms with Crippen LogP contribution in [0.3, 0.4) is 0 Å². The Morgan fingerprint density at radius 3 is 2.54 bits per heavy atom. The summed E-state index contributed by atoms with van der Waals surface area (Å²) in [6.07, 6.45) is 4.15. The van der Waals surface area contributed by atoms with E-state index in [4.69, 9.17) is 4.74 Å². The van der Waals surface area contributed by atoms with Crippen LogP contribution < -0.4 is 5.32 Å². The molecule has 1 aromatic rings. The van der Waals surface area contributed by atoms with E-state index in [1.54, 1.807) is 0 Å². The first-order valence-corrected chi connectivity index (χ1v) is 9.15. The molecule has 1 N–H and O–H groups in total. The minimum absolute atomic E-state index is 0.128. The van der Waals surface area contributed by atoms with Crippen LogP contribution in [-0.4, -0.2) is 73.8 Å². The van der Waals surface area contributed by atoms with Crippen LogP contribution in [0.15, 0.2) is 21.7 Å². The Morgan fingerprint density at radius 1 is 1.38 bits per heavy atom. The maximum Gasteiger partial charge on any atom is 0.193 e. The van der Waals surface area contributed by atoms with Gasteiger partial charge in [0.25, 0.3) is 0 Å². The van der Waals surface area contributed by atoms with Crippen molar-refractivity contribution in [2.45, 2.75) is 24.9 Å². The molecule has 0 aromatic carbocycles. The van der Waals surface area contributed by atoms with E-state index in [0.29, 0.717) is 0 Å². The number of halogens is 1. The maximum absolute atomic E-state index is 5.55. The summed E-state index contributed by atoms with van der Waals surface area (Å²) in [5.74, 6) is 0.917. The number of aliphatic imine (C=N–C) groups is 1. The van der Waals surface area contributed by atoms with Crippen molar-refractivity contribution >= 4 is 21.9 Å². The fraction of sp³-hybridized carbons (Fsp3) is 0.706. The molecule has 24 heavy (non-hydrogen) atoms. The van der Waals surface area contributed by atoms with Gasteiger partial charge in [0.05, 0.1) is 6.54 Å². The third-order valence-corrected chi connectivity index (χ3v) is 5.43. The third kappa shape index (κ3) is 4.52. The number of likely N-dealkylation sites (N-methyl/N-ethyl adjacent to an activating group) is 1. The number of hydrogen-bond acceptors (Lipinski definition) is 3. The van der Waals surface area contributed by atoms with Crippen LogP contribution in [0.5, 0.6) is 0 Å². The molecular weight excluding hydrogens is 370 g/mol. The molecule has 1 saturated heterocycles. The number of aryl methyl sites for hydroxylation is 1. The second-order valence-corrected chi connectivity index (χ2v) is 7.66. The van der Waals surface area contributed by atoms with Gasteiger partial charge in [0.2, 0.25) is 0 Å². The van der Waals surface area contributed by atoms with Gasteiger partial charge in [-0.2, -0.15) is 0 Å². The summed E-state index contributed by atoms with van der Waals surface area (Å²) in [5, 5.41) is 3.57. The van der Waals surface area contributed by atoms with Crippen LogP contribution in [0.25, 0.3) is 0 Å². The Kier molecular flexibility index (Phi) is 6.71. The number of nitrogens with zero attached hydrogens (tertiary/aromatic N) is 4. The fourth-order valence-corrected chi connectivity index (χ4v) is 3.77. The van der Waals surface area contributed by atoms with Crippen molar-refractivity contribution in [2.75, 3.05) is 47.9 Å². The molecule has 0 spiro atoms. The topological polar surface area (TPSA) is 45.0 Å². The molecular formula is C17H30BrN5O. The van der Waals surface area contributed by atoms with Gasteiger partial charge in [0, 0.05) is 62.8 Å². The molecule has 6 nitrogen and oxygen atoms in total. The average Bonchev–Trinajstić information content (AvgIpc) is 2.86. The first-order valence-electron chi connectivity index (χ1n) is 8.36. The molecule has 0 radical (unpaired) electrons. The van der Waals surface area contributed by atoms with Crippen molar-refractivity contribution in [1.82, 2.24) is 19.7 Å². The van der Waals surface area contributed by atoms with Crippen molar-refractivity contribution in [3.63, 3.8) is 0 Å². The first kappa shape index (κ1) is 19.3. The van der Waals surface area contributed by atoms with Crippen molar-refractivity contribution < 1.29 is 4.74 Å². The smallest absolute Gasteiger partial charge is 0.193 e. The average molecular weight is 400 g/mol.